The maximum Gasteiger partial charge on any atom is 0.243 e. The smallest absolute Gasteiger partial charge is 0.243 e. The van der Waals surface area contributed by atoms with Gasteiger partial charge in [0.2, 0.25) is 10.0 Å². The van der Waals surface area contributed by atoms with E-state index in [0.717, 1.165) is 11.3 Å². The van der Waals surface area contributed by atoms with Crippen molar-refractivity contribution in [2.45, 2.75) is 43.0 Å². The maximum atomic E-state index is 12.7. The molecule has 1 aromatic carbocycles. The van der Waals surface area contributed by atoms with Gasteiger partial charge in [0, 0.05) is 29.6 Å². The number of rotatable bonds is 3. The van der Waals surface area contributed by atoms with E-state index in [9.17, 15) is 8.42 Å². The third kappa shape index (κ3) is 3.03. The monoisotopic (exact) mass is 314 g/mol. The number of hydrogen-bond donors (Lipinski definition) is 1. The van der Waals surface area contributed by atoms with Crippen LogP contribution >= 0.6 is 11.8 Å². The maximum absolute atomic E-state index is 12.7. The molecule has 4 nitrogen and oxygen atoms in total. The second-order valence-electron chi connectivity index (χ2n) is 5.29. The lowest BCUT2D eigenvalue weighted by molar-refractivity contribution is 0.340. The first kappa shape index (κ1) is 15.8. The Morgan fingerprint density at radius 2 is 1.90 bits per heavy atom. The second kappa shape index (κ2) is 6.05. The minimum Gasteiger partial charge on any atom is -0.324 e. The van der Waals surface area contributed by atoms with E-state index < -0.39 is 10.0 Å². The zero-order valence-electron chi connectivity index (χ0n) is 12.1. The summed E-state index contributed by atoms with van der Waals surface area (Å²) in [6.07, 6.45) is 0. The molecular formula is C14H22N2O2S2. The quantitative estimate of drug-likeness (QED) is 0.929. The molecule has 1 saturated heterocycles. The van der Waals surface area contributed by atoms with Crippen LogP contribution in [-0.2, 0) is 10.0 Å². The highest BCUT2D eigenvalue weighted by Gasteiger charge is 2.34. The van der Waals surface area contributed by atoms with Gasteiger partial charge in [0.25, 0.3) is 0 Å². The molecule has 2 rings (SSSR count). The van der Waals surface area contributed by atoms with E-state index in [1.165, 1.54) is 0 Å². The Kier molecular flexibility index (Phi) is 4.79. The standard InChI is InChI=1S/C14H22N2O2S2/c1-10(15)13-4-6-14(7-5-13)20(17,18)16-8-9-19-12(3)11(16)2/h4-7,10-12H,8-9,15H2,1-3H3. The molecule has 112 valence electrons. The fourth-order valence-corrected chi connectivity index (χ4v) is 5.32. The number of sulfonamides is 1. The lowest BCUT2D eigenvalue weighted by Crippen LogP contribution is -2.47. The number of hydrogen-bond acceptors (Lipinski definition) is 4. The van der Waals surface area contributed by atoms with Crippen molar-refractivity contribution >= 4 is 21.8 Å². The topological polar surface area (TPSA) is 63.4 Å². The molecule has 1 aliphatic heterocycles. The molecule has 0 saturated carbocycles. The van der Waals surface area contributed by atoms with Gasteiger partial charge in [-0.25, -0.2) is 8.42 Å². The number of benzene rings is 1. The van der Waals surface area contributed by atoms with Gasteiger partial charge in [0.05, 0.1) is 4.90 Å². The molecule has 0 radical (unpaired) electrons. The van der Waals surface area contributed by atoms with Crippen LogP contribution in [0.2, 0.25) is 0 Å². The Labute approximate surface area is 125 Å². The van der Waals surface area contributed by atoms with Gasteiger partial charge >= 0.3 is 0 Å². The van der Waals surface area contributed by atoms with Gasteiger partial charge in [0.15, 0.2) is 0 Å². The molecule has 0 spiro atoms. The van der Waals surface area contributed by atoms with E-state index >= 15 is 0 Å². The van der Waals surface area contributed by atoms with Crippen LogP contribution in [0.4, 0.5) is 0 Å². The van der Waals surface area contributed by atoms with Gasteiger partial charge in [-0.2, -0.15) is 16.1 Å². The molecular weight excluding hydrogens is 292 g/mol. The fourth-order valence-electron chi connectivity index (χ4n) is 2.32. The molecule has 1 heterocycles. The molecule has 0 aromatic heterocycles. The van der Waals surface area contributed by atoms with Crippen molar-refractivity contribution in [1.29, 1.82) is 0 Å². The predicted molar refractivity (Wildman–Crippen MR) is 84.3 cm³/mol. The average Bonchev–Trinajstić information content (AvgIpc) is 2.41. The summed E-state index contributed by atoms with van der Waals surface area (Å²) in [5.74, 6) is 0.850. The molecule has 1 aromatic rings. The molecule has 0 amide bonds. The van der Waals surface area contributed by atoms with Crippen molar-refractivity contribution in [3.05, 3.63) is 29.8 Å². The van der Waals surface area contributed by atoms with Gasteiger partial charge in [-0.3, -0.25) is 0 Å². The average molecular weight is 314 g/mol. The lowest BCUT2D eigenvalue weighted by Gasteiger charge is -2.36. The third-order valence-corrected chi connectivity index (χ3v) is 7.18. The van der Waals surface area contributed by atoms with Gasteiger partial charge < -0.3 is 5.73 Å². The summed E-state index contributed by atoms with van der Waals surface area (Å²) in [5, 5.41) is 0.321. The van der Waals surface area contributed by atoms with Crippen molar-refractivity contribution < 1.29 is 8.42 Å². The van der Waals surface area contributed by atoms with Crippen molar-refractivity contribution in [1.82, 2.24) is 4.31 Å². The van der Waals surface area contributed by atoms with Gasteiger partial charge in [0.1, 0.15) is 0 Å². The first-order valence-corrected chi connectivity index (χ1v) is 9.32. The molecule has 3 atom stereocenters. The molecule has 6 heteroatoms. The number of nitrogens with zero attached hydrogens (tertiary/aromatic N) is 1. The molecule has 0 aliphatic carbocycles. The molecule has 2 N–H and O–H groups in total. The van der Waals surface area contributed by atoms with Crippen LogP contribution in [-0.4, -0.2) is 36.3 Å². The van der Waals surface area contributed by atoms with Crippen LogP contribution in [0.25, 0.3) is 0 Å². The zero-order valence-corrected chi connectivity index (χ0v) is 13.7. The first-order chi connectivity index (χ1) is 9.34. The summed E-state index contributed by atoms with van der Waals surface area (Å²) in [4.78, 5) is 0.354. The molecule has 1 aliphatic rings. The Hall–Kier alpha value is -0.560. The van der Waals surface area contributed by atoms with Gasteiger partial charge in [-0.05, 0) is 31.5 Å². The van der Waals surface area contributed by atoms with Crippen molar-refractivity contribution in [2.75, 3.05) is 12.3 Å². The molecule has 0 bridgehead atoms. The lowest BCUT2D eigenvalue weighted by atomic mass is 10.1. The van der Waals surface area contributed by atoms with E-state index in [0.29, 0.717) is 16.7 Å². The predicted octanol–water partition coefficient (Wildman–Crippen LogP) is 2.22. The van der Waals surface area contributed by atoms with Crippen LogP contribution in [0.1, 0.15) is 32.4 Å². The summed E-state index contributed by atoms with van der Waals surface area (Å²) in [6, 6.07) is 6.85. The Morgan fingerprint density at radius 1 is 1.30 bits per heavy atom. The van der Waals surface area contributed by atoms with Crippen LogP contribution in [0.5, 0.6) is 0 Å². The summed E-state index contributed by atoms with van der Waals surface area (Å²) in [7, 11) is -3.41. The molecule has 20 heavy (non-hydrogen) atoms. The third-order valence-electron chi connectivity index (χ3n) is 3.84. The SMILES string of the molecule is CC(N)c1ccc(S(=O)(=O)N2CCSC(C)C2C)cc1. The molecule has 3 unspecified atom stereocenters. The largest absolute Gasteiger partial charge is 0.324 e. The minimum absolute atomic E-state index is 0.0202. The first-order valence-electron chi connectivity index (χ1n) is 6.83. The van der Waals surface area contributed by atoms with Crippen LogP contribution in [0.15, 0.2) is 29.2 Å². The Bertz CT molecular complexity index is 555. The van der Waals surface area contributed by atoms with Crippen LogP contribution in [0.3, 0.4) is 0 Å². The highest BCUT2D eigenvalue weighted by Crippen LogP contribution is 2.29. The van der Waals surface area contributed by atoms with Crippen molar-refractivity contribution in [2.24, 2.45) is 5.73 Å². The summed E-state index contributed by atoms with van der Waals surface area (Å²) >= 11 is 1.82. The molecule has 1 fully saturated rings. The number of thioether (sulfide) groups is 1. The van der Waals surface area contributed by atoms with E-state index in [2.05, 4.69) is 6.92 Å². The Balaban J connectivity index is 2.30. The van der Waals surface area contributed by atoms with Gasteiger partial charge in [-0.1, -0.05) is 19.1 Å². The van der Waals surface area contributed by atoms with Crippen molar-refractivity contribution in [3.8, 4) is 0 Å². The summed E-state index contributed by atoms with van der Waals surface area (Å²) in [5.41, 5.74) is 6.74. The summed E-state index contributed by atoms with van der Waals surface area (Å²) < 4.78 is 27.0. The highest BCUT2D eigenvalue weighted by atomic mass is 32.2. The zero-order chi connectivity index (χ0) is 14.9. The van der Waals surface area contributed by atoms with Crippen LogP contribution < -0.4 is 5.73 Å². The normalized spacial score (nSPS) is 26.4. The van der Waals surface area contributed by atoms with E-state index in [4.69, 9.17) is 5.73 Å². The van der Waals surface area contributed by atoms with E-state index in [-0.39, 0.29) is 12.1 Å². The van der Waals surface area contributed by atoms with E-state index in [1.807, 2.05) is 25.6 Å². The van der Waals surface area contributed by atoms with E-state index in [1.54, 1.807) is 28.6 Å². The fraction of sp³-hybridized carbons (Fsp3) is 0.571. The van der Waals surface area contributed by atoms with Gasteiger partial charge in [-0.15, -0.1) is 0 Å². The minimum atomic E-state index is -3.41. The summed E-state index contributed by atoms with van der Waals surface area (Å²) in [6.45, 7) is 6.52. The second-order valence-corrected chi connectivity index (χ2v) is 8.67. The van der Waals surface area contributed by atoms with Crippen molar-refractivity contribution in [3.63, 3.8) is 0 Å². The number of nitrogens with two attached hydrogens (primary N) is 1. The Morgan fingerprint density at radius 3 is 2.45 bits per heavy atom. The highest BCUT2D eigenvalue weighted by molar-refractivity contribution is 8.00. The van der Waals surface area contributed by atoms with Crippen LogP contribution in [0, 0.1) is 0 Å².